The van der Waals surface area contributed by atoms with Crippen molar-refractivity contribution in [2.24, 2.45) is 0 Å². The first-order chi connectivity index (χ1) is 14.6. The molecule has 0 spiro atoms. The minimum Gasteiger partial charge on any atom is -0.484 e. The van der Waals surface area contributed by atoms with Crippen molar-refractivity contribution in [1.29, 1.82) is 0 Å². The Morgan fingerprint density at radius 1 is 1.03 bits per heavy atom. The van der Waals surface area contributed by atoms with Crippen LogP contribution in [0.3, 0.4) is 0 Å². The summed E-state index contributed by atoms with van der Waals surface area (Å²) in [5.74, 6) is 3.17. The SMILES string of the molecule is Cc1cccc(OCc2nnc(SCc3nc(-c4ccc(C(C)C)cc4)no3)o2)c1. The van der Waals surface area contributed by atoms with Gasteiger partial charge < -0.3 is 13.7 Å². The molecule has 0 amide bonds. The van der Waals surface area contributed by atoms with E-state index < -0.39 is 0 Å². The van der Waals surface area contributed by atoms with Gasteiger partial charge >= 0.3 is 0 Å². The zero-order valence-electron chi connectivity index (χ0n) is 17.0. The third kappa shape index (κ3) is 5.07. The van der Waals surface area contributed by atoms with Crippen molar-refractivity contribution in [2.75, 3.05) is 0 Å². The van der Waals surface area contributed by atoms with Crippen LogP contribution in [0.5, 0.6) is 5.75 Å². The van der Waals surface area contributed by atoms with E-state index in [-0.39, 0.29) is 6.61 Å². The summed E-state index contributed by atoms with van der Waals surface area (Å²) in [6, 6.07) is 16.0. The van der Waals surface area contributed by atoms with E-state index in [0.29, 0.717) is 34.5 Å². The molecule has 0 saturated carbocycles. The maximum absolute atomic E-state index is 5.68. The normalized spacial score (nSPS) is 11.2. The summed E-state index contributed by atoms with van der Waals surface area (Å²) in [6.45, 7) is 6.55. The van der Waals surface area contributed by atoms with Crippen molar-refractivity contribution in [3.05, 3.63) is 71.4 Å². The minimum atomic E-state index is 0.216. The minimum absolute atomic E-state index is 0.216. The Morgan fingerprint density at radius 2 is 1.87 bits per heavy atom. The Hall–Kier alpha value is -3.13. The molecule has 0 saturated heterocycles. The molecule has 0 unspecified atom stereocenters. The smallest absolute Gasteiger partial charge is 0.277 e. The van der Waals surface area contributed by atoms with Crippen molar-refractivity contribution in [2.45, 2.75) is 44.3 Å². The molecule has 7 nitrogen and oxygen atoms in total. The highest BCUT2D eigenvalue weighted by molar-refractivity contribution is 7.98. The molecule has 0 fully saturated rings. The standard InChI is InChI=1S/C22H22N4O3S/c1-14(2)16-7-9-17(10-8-16)21-23-20(29-26-21)13-30-22-25-24-19(28-22)12-27-18-6-4-5-15(3)11-18/h4-11,14H,12-13H2,1-3H3. The second-order valence-corrected chi connectivity index (χ2v) is 8.07. The van der Waals surface area contributed by atoms with E-state index in [2.05, 4.69) is 46.3 Å². The fourth-order valence-corrected chi connectivity index (χ4v) is 3.39. The second kappa shape index (κ2) is 9.13. The van der Waals surface area contributed by atoms with Crippen LogP contribution in [0.15, 0.2) is 62.7 Å². The number of aromatic nitrogens is 4. The Bertz CT molecular complexity index is 1110. The van der Waals surface area contributed by atoms with Crippen LogP contribution in [0, 0.1) is 6.92 Å². The fraction of sp³-hybridized carbons (Fsp3) is 0.273. The van der Waals surface area contributed by atoms with E-state index in [1.165, 1.54) is 17.3 Å². The number of hydrogen-bond donors (Lipinski definition) is 0. The summed E-state index contributed by atoms with van der Waals surface area (Å²) >= 11 is 1.34. The zero-order valence-corrected chi connectivity index (χ0v) is 17.8. The second-order valence-electron chi connectivity index (χ2n) is 7.14. The summed E-state index contributed by atoms with van der Waals surface area (Å²) in [5, 5.41) is 12.5. The van der Waals surface area contributed by atoms with E-state index in [1.54, 1.807) is 0 Å². The molecule has 0 bridgehead atoms. The molecule has 4 aromatic rings. The number of ether oxygens (including phenoxy) is 1. The van der Waals surface area contributed by atoms with Crippen LogP contribution in [-0.4, -0.2) is 20.3 Å². The maximum atomic E-state index is 5.68. The van der Waals surface area contributed by atoms with Crippen LogP contribution in [0.1, 0.15) is 42.7 Å². The molecular weight excluding hydrogens is 400 g/mol. The number of aryl methyl sites for hydroxylation is 1. The first-order valence-electron chi connectivity index (χ1n) is 9.64. The molecule has 0 aliphatic heterocycles. The topological polar surface area (TPSA) is 87.1 Å². The lowest BCUT2D eigenvalue weighted by molar-refractivity contribution is 0.252. The Kier molecular flexibility index (Phi) is 6.13. The molecule has 0 radical (unpaired) electrons. The van der Waals surface area contributed by atoms with Crippen LogP contribution >= 0.6 is 11.8 Å². The van der Waals surface area contributed by atoms with Crippen LogP contribution in [0.2, 0.25) is 0 Å². The van der Waals surface area contributed by atoms with Crippen LogP contribution in [0.25, 0.3) is 11.4 Å². The van der Waals surface area contributed by atoms with Crippen LogP contribution in [0.4, 0.5) is 0 Å². The molecule has 2 aromatic carbocycles. The van der Waals surface area contributed by atoms with E-state index >= 15 is 0 Å². The average Bonchev–Trinajstić information content (AvgIpc) is 3.40. The first-order valence-corrected chi connectivity index (χ1v) is 10.6. The van der Waals surface area contributed by atoms with Gasteiger partial charge in [0.1, 0.15) is 5.75 Å². The number of benzene rings is 2. The lowest BCUT2D eigenvalue weighted by atomic mass is 10.0. The predicted octanol–water partition coefficient (Wildman–Crippen LogP) is 5.42. The van der Waals surface area contributed by atoms with Crippen molar-refractivity contribution < 1.29 is 13.7 Å². The highest BCUT2D eigenvalue weighted by Gasteiger charge is 2.13. The molecule has 4 rings (SSSR count). The van der Waals surface area contributed by atoms with Gasteiger partial charge in [-0.15, -0.1) is 10.2 Å². The number of hydrogen-bond acceptors (Lipinski definition) is 8. The number of thioether (sulfide) groups is 1. The molecular formula is C22H22N4O3S. The van der Waals surface area contributed by atoms with Crippen molar-refractivity contribution in [1.82, 2.24) is 20.3 Å². The van der Waals surface area contributed by atoms with Gasteiger partial charge in [-0.2, -0.15) is 4.98 Å². The van der Waals surface area contributed by atoms with Crippen molar-refractivity contribution in [3.8, 4) is 17.1 Å². The summed E-state index contributed by atoms with van der Waals surface area (Å²) in [6.07, 6.45) is 0. The van der Waals surface area contributed by atoms with Crippen LogP contribution in [-0.2, 0) is 12.4 Å². The van der Waals surface area contributed by atoms with E-state index in [9.17, 15) is 0 Å². The lowest BCUT2D eigenvalue weighted by Gasteiger charge is -2.04. The van der Waals surface area contributed by atoms with Gasteiger partial charge in [0, 0.05) is 5.56 Å². The summed E-state index contributed by atoms with van der Waals surface area (Å²) < 4.78 is 16.6. The Morgan fingerprint density at radius 3 is 2.63 bits per heavy atom. The summed E-state index contributed by atoms with van der Waals surface area (Å²) in [4.78, 5) is 4.45. The molecule has 8 heteroatoms. The monoisotopic (exact) mass is 422 g/mol. The Labute approximate surface area is 178 Å². The van der Waals surface area contributed by atoms with Gasteiger partial charge in [-0.05, 0) is 36.1 Å². The molecule has 0 atom stereocenters. The summed E-state index contributed by atoms with van der Waals surface area (Å²) in [7, 11) is 0. The van der Waals surface area contributed by atoms with Gasteiger partial charge in [0.05, 0.1) is 5.75 Å². The highest BCUT2D eigenvalue weighted by atomic mass is 32.2. The molecule has 30 heavy (non-hydrogen) atoms. The highest BCUT2D eigenvalue weighted by Crippen LogP contribution is 2.24. The predicted molar refractivity (Wildman–Crippen MR) is 113 cm³/mol. The molecule has 0 aliphatic rings. The average molecular weight is 423 g/mol. The van der Waals surface area contributed by atoms with Gasteiger partial charge in [-0.3, -0.25) is 0 Å². The van der Waals surface area contributed by atoms with Gasteiger partial charge in [0.25, 0.3) is 11.1 Å². The molecule has 0 N–H and O–H groups in total. The van der Waals surface area contributed by atoms with Gasteiger partial charge in [-0.25, -0.2) is 0 Å². The Balaban J connectivity index is 1.31. The first kappa shape index (κ1) is 20.2. The number of rotatable bonds is 8. The van der Waals surface area contributed by atoms with Crippen molar-refractivity contribution >= 4 is 11.8 Å². The molecule has 154 valence electrons. The van der Waals surface area contributed by atoms with Gasteiger partial charge in [-0.1, -0.05) is 67.2 Å². The van der Waals surface area contributed by atoms with Crippen LogP contribution < -0.4 is 4.74 Å². The third-order valence-corrected chi connectivity index (χ3v) is 5.23. The third-order valence-electron chi connectivity index (χ3n) is 4.42. The summed E-state index contributed by atoms with van der Waals surface area (Å²) in [5.41, 5.74) is 3.33. The van der Waals surface area contributed by atoms with E-state index in [0.717, 1.165) is 16.9 Å². The fourth-order valence-electron chi connectivity index (χ4n) is 2.78. The maximum Gasteiger partial charge on any atom is 0.277 e. The molecule has 0 aliphatic carbocycles. The zero-order chi connectivity index (χ0) is 20.9. The quantitative estimate of drug-likeness (QED) is 0.348. The largest absolute Gasteiger partial charge is 0.484 e. The lowest BCUT2D eigenvalue weighted by Crippen LogP contribution is -1.95. The van der Waals surface area contributed by atoms with Gasteiger partial charge in [0.2, 0.25) is 11.7 Å². The van der Waals surface area contributed by atoms with E-state index in [1.807, 2.05) is 43.3 Å². The molecule has 2 aromatic heterocycles. The van der Waals surface area contributed by atoms with Gasteiger partial charge in [0.15, 0.2) is 6.61 Å². The van der Waals surface area contributed by atoms with Crippen molar-refractivity contribution in [3.63, 3.8) is 0 Å². The molecule has 2 heterocycles. The number of nitrogens with zero attached hydrogens (tertiary/aromatic N) is 4. The van der Waals surface area contributed by atoms with E-state index in [4.69, 9.17) is 13.7 Å².